The zero-order chi connectivity index (χ0) is 18.1. The first-order chi connectivity index (χ1) is 11.1. The van der Waals surface area contributed by atoms with E-state index in [1.54, 1.807) is 59.0 Å². The Balaban J connectivity index is 2.64. The maximum absolute atomic E-state index is 12.7. The number of halogens is 2. The number of benzene rings is 1. The largest absolute Gasteiger partial charge is 0.443 e. The predicted molar refractivity (Wildman–Crippen MR) is 89.6 cm³/mol. The number of rotatable bonds is 3. The van der Waals surface area contributed by atoms with Crippen LogP contribution in [0.25, 0.3) is 17.0 Å². The molecule has 0 saturated heterocycles. The van der Waals surface area contributed by atoms with Crippen LogP contribution >= 0.6 is 0 Å². The summed E-state index contributed by atoms with van der Waals surface area (Å²) in [6, 6.07) is 3.20. The van der Waals surface area contributed by atoms with Crippen molar-refractivity contribution in [2.45, 2.75) is 46.8 Å². The van der Waals surface area contributed by atoms with Gasteiger partial charge in [-0.3, -0.25) is 4.57 Å². The van der Waals surface area contributed by atoms with Gasteiger partial charge in [0.05, 0.1) is 5.52 Å². The average Bonchev–Trinajstić information content (AvgIpc) is 2.86. The van der Waals surface area contributed by atoms with Crippen molar-refractivity contribution in [2.75, 3.05) is 0 Å². The predicted octanol–water partition coefficient (Wildman–Crippen LogP) is 5.37. The van der Waals surface area contributed by atoms with Crippen molar-refractivity contribution in [1.82, 2.24) is 4.57 Å². The molecule has 1 aromatic heterocycles. The van der Waals surface area contributed by atoms with Crippen LogP contribution in [0.2, 0.25) is 0 Å². The molecule has 0 aliphatic carbocycles. The van der Waals surface area contributed by atoms with Crippen molar-refractivity contribution in [3.05, 3.63) is 35.5 Å². The van der Waals surface area contributed by atoms with E-state index in [1.165, 1.54) is 10.6 Å². The number of allylic oxidation sites excluding steroid dienone is 1. The molecule has 1 heterocycles. The molecule has 0 atom stereocenters. The Labute approximate surface area is 139 Å². The number of alkyl halides is 2. The van der Waals surface area contributed by atoms with Crippen LogP contribution in [0, 0.1) is 6.92 Å². The smallest absolute Gasteiger partial charge is 0.419 e. The maximum atomic E-state index is 12.7. The lowest BCUT2D eigenvalue weighted by Crippen LogP contribution is -2.26. The molecule has 6 heteroatoms. The van der Waals surface area contributed by atoms with Crippen LogP contribution in [0.5, 0.6) is 5.75 Å². The van der Waals surface area contributed by atoms with Crippen molar-refractivity contribution < 1.29 is 23.0 Å². The highest BCUT2D eigenvalue weighted by Gasteiger charge is 2.22. The molecule has 0 aliphatic heterocycles. The lowest BCUT2D eigenvalue weighted by molar-refractivity contribution is -0.0499. The molecule has 1 aromatic carbocycles. The second-order valence-electron chi connectivity index (χ2n) is 6.41. The fraction of sp³-hybridized carbons (Fsp3) is 0.389. The first-order valence-electron chi connectivity index (χ1n) is 7.59. The highest BCUT2D eigenvalue weighted by molar-refractivity contribution is 5.98. The summed E-state index contributed by atoms with van der Waals surface area (Å²) in [5.41, 5.74) is 1.12. The number of aromatic nitrogens is 1. The molecule has 2 aromatic rings. The first kappa shape index (κ1) is 18.0. The van der Waals surface area contributed by atoms with Crippen LogP contribution in [0.15, 0.2) is 24.4 Å². The number of hydrogen-bond donors (Lipinski definition) is 0. The molecule has 2 rings (SSSR count). The number of carbonyl (C=O) groups is 1. The van der Waals surface area contributed by atoms with E-state index < -0.39 is 18.3 Å². The van der Waals surface area contributed by atoms with Gasteiger partial charge in [-0.2, -0.15) is 8.78 Å². The Kier molecular flexibility index (Phi) is 4.96. The van der Waals surface area contributed by atoms with E-state index in [4.69, 9.17) is 4.74 Å². The molecule has 4 nitrogen and oxygen atoms in total. The fourth-order valence-corrected chi connectivity index (χ4v) is 2.52. The summed E-state index contributed by atoms with van der Waals surface area (Å²) in [6.45, 7) is 5.94. The number of aryl methyl sites for hydroxylation is 1. The van der Waals surface area contributed by atoms with Gasteiger partial charge in [0.15, 0.2) is 0 Å². The third kappa shape index (κ3) is 3.75. The molecule has 0 bridgehead atoms. The molecule has 0 N–H and O–H groups in total. The summed E-state index contributed by atoms with van der Waals surface area (Å²) < 4.78 is 36.7. The summed E-state index contributed by atoms with van der Waals surface area (Å²) in [6.07, 6.45) is 4.46. The van der Waals surface area contributed by atoms with Crippen molar-refractivity contribution in [3.8, 4) is 5.75 Å². The Hall–Kier alpha value is -2.37. The number of hydrogen-bond acceptors (Lipinski definition) is 3. The normalized spacial score (nSPS) is 12.3. The molecule has 24 heavy (non-hydrogen) atoms. The monoisotopic (exact) mass is 337 g/mol. The summed E-state index contributed by atoms with van der Waals surface area (Å²) in [5.74, 6) is 0.0787. The van der Waals surface area contributed by atoms with E-state index in [1.807, 2.05) is 0 Å². The van der Waals surface area contributed by atoms with E-state index in [9.17, 15) is 13.6 Å². The topological polar surface area (TPSA) is 40.5 Å². The maximum Gasteiger partial charge on any atom is 0.419 e. The molecule has 0 amide bonds. The molecule has 0 fully saturated rings. The Morgan fingerprint density at radius 3 is 2.54 bits per heavy atom. The van der Waals surface area contributed by atoms with Crippen LogP contribution in [0.4, 0.5) is 13.6 Å². The van der Waals surface area contributed by atoms with Crippen LogP contribution in [0.1, 0.15) is 38.8 Å². The molecule has 130 valence electrons. The summed E-state index contributed by atoms with van der Waals surface area (Å²) >= 11 is 0. The van der Waals surface area contributed by atoms with E-state index in [0.717, 1.165) is 0 Å². The van der Waals surface area contributed by atoms with Crippen LogP contribution < -0.4 is 4.74 Å². The summed E-state index contributed by atoms with van der Waals surface area (Å²) in [4.78, 5) is 12.4. The highest BCUT2D eigenvalue weighted by Crippen LogP contribution is 2.34. The van der Waals surface area contributed by atoms with E-state index in [-0.39, 0.29) is 5.75 Å². The molecule has 0 unspecified atom stereocenters. The minimum Gasteiger partial charge on any atom is -0.443 e. The summed E-state index contributed by atoms with van der Waals surface area (Å²) in [5, 5.41) is 0.648. The van der Waals surface area contributed by atoms with Crippen molar-refractivity contribution in [1.29, 1.82) is 0 Å². The lowest BCUT2D eigenvalue weighted by atomic mass is 10.0. The zero-order valence-electron chi connectivity index (χ0n) is 14.4. The molecule has 0 radical (unpaired) electrons. The van der Waals surface area contributed by atoms with Crippen LogP contribution in [0.3, 0.4) is 0 Å². The fourth-order valence-electron chi connectivity index (χ4n) is 2.52. The molecule has 0 aliphatic rings. The van der Waals surface area contributed by atoms with Crippen molar-refractivity contribution in [2.24, 2.45) is 0 Å². The average molecular weight is 337 g/mol. The molecule has 0 saturated carbocycles. The number of ether oxygens (including phenoxy) is 2. The van der Waals surface area contributed by atoms with Gasteiger partial charge in [-0.15, -0.1) is 0 Å². The summed E-state index contributed by atoms with van der Waals surface area (Å²) in [7, 11) is 0. The molecule has 0 spiro atoms. The van der Waals surface area contributed by atoms with Gasteiger partial charge in [-0.25, -0.2) is 4.79 Å². The molecular formula is C18H21F2NO3. The van der Waals surface area contributed by atoms with Crippen LogP contribution in [-0.2, 0) is 4.74 Å². The van der Waals surface area contributed by atoms with Crippen LogP contribution in [-0.4, -0.2) is 22.9 Å². The van der Waals surface area contributed by atoms with Gasteiger partial charge < -0.3 is 9.47 Å². The van der Waals surface area contributed by atoms with Gasteiger partial charge >= 0.3 is 12.7 Å². The lowest BCUT2D eigenvalue weighted by Gasteiger charge is -2.20. The van der Waals surface area contributed by atoms with E-state index in [2.05, 4.69) is 4.74 Å². The van der Waals surface area contributed by atoms with Gasteiger partial charge in [0.1, 0.15) is 11.4 Å². The third-order valence-corrected chi connectivity index (χ3v) is 3.30. The third-order valence-electron chi connectivity index (χ3n) is 3.30. The first-order valence-corrected chi connectivity index (χ1v) is 7.59. The van der Waals surface area contributed by atoms with Gasteiger partial charge in [-0.1, -0.05) is 12.2 Å². The SMILES string of the molecule is C/C=C/c1c(OC(F)F)cc(C)c2c1ccn2C(=O)OC(C)(C)C. The Morgan fingerprint density at radius 2 is 2.00 bits per heavy atom. The van der Waals surface area contributed by atoms with Gasteiger partial charge in [0.2, 0.25) is 0 Å². The van der Waals surface area contributed by atoms with E-state index in [0.29, 0.717) is 22.0 Å². The van der Waals surface area contributed by atoms with Gasteiger partial charge in [0, 0.05) is 17.1 Å². The van der Waals surface area contributed by atoms with E-state index >= 15 is 0 Å². The minimum atomic E-state index is -2.92. The molecular weight excluding hydrogens is 316 g/mol. The van der Waals surface area contributed by atoms with Gasteiger partial charge in [-0.05, 0) is 52.3 Å². The van der Waals surface area contributed by atoms with Crippen molar-refractivity contribution in [3.63, 3.8) is 0 Å². The Bertz CT molecular complexity index is 786. The number of carbonyl (C=O) groups excluding carboxylic acids is 1. The quantitative estimate of drug-likeness (QED) is 0.756. The second-order valence-corrected chi connectivity index (χ2v) is 6.41. The number of nitrogens with zero attached hydrogens (tertiary/aromatic N) is 1. The second kappa shape index (κ2) is 6.63. The van der Waals surface area contributed by atoms with Crippen molar-refractivity contribution >= 4 is 23.1 Å². The highest BCUT2D eigenvalue weighted by atomic mass is 19.3. The van der Waals surface area contributed by atoms with Gasteiger partial charge in [0.25, 0.3) is 0 Å². The zero-order valence-corrected chi connectivity index (χ0v) is 14.4. The number of fused-ring (bicyclic) bond motifs is 1. The Morgan fingerprint density at radius 1 is 1.33 bits per heavy atom. The minimum absolute atomic E-state index is 0.0787. The standard InChI is InChI=1S/C18H21F2NO3/c1-6-7-12-13-8-9-21(17(22)24-18(3,4)5)15(13)11(2)10-14(12)23-16(19)20/h6-10,16H,1-5H3/b7-6+.